The van der Waals surface area contributed by atoms with Gasteiger partial charge in [-0.1, -0.05) is 37.5 Å². The van der Waals surface area contributed by atoms with Crippen molar-refractivity contribution < 1.29 is 13.9 Å². The largest absolute Gasteiger partial charge is 0.486 e. The molecule has 1 N–H and O–H groups in total. The van der Waals surface area contributed by atoms with Crippen LogP contribution in [0.2, 0.25) is 0 Å². The van der Waals surface area contributed by atoms with E-state index >= 15 is 0 Å². The lowest BCUT2D eigenvalue weighted by Crippen LogP contribution is -2.41. The lowest BCUT2D eigenvalue weighted by atomic mass is 9.94. The number of furan rings is 1. The highest BCUT2D eigenvalue weighted by Crippen LogP contribution is 2.27. The van der Waals surface area contributed by atoms with E-state index < -0.39 is 0 Å². The summed E-state index contributed by atoms with van der Waals surface area (Å²) in [6.07, 6.45) is 7.29. The van der Waals surface area contributed by atoms with E-state index in [9.17, 15) is 4.79 Å². The number of nitrogens with one attached hydrogen (secondary N) is 1. The lowest BCUT2D eigenvalue weighted by molar-refractivity contribution is -0.124. The first-order chi connectivity index (χ1) is 13.2. The maximum absolute atomic E-state index is 12.8. The molecule has 5 nitrogen and oxygen atoms in total. The molecule has 1 aliphatic heterocycles. The highest BCUT2D eigenvalue weighted by Gasteiger charge is 2.36. The van der Waals surface area contributed by atoms with Crippen molar-refractivity contribution in [1.82, 2.24) is 10.2 Å². The van der Waals surface area contributed by atoms with E-state index in [-0.39, 0.29) is 11.9 Å². The number of nitrogens with zero attached hydrogens (tertiary/aromatic N) is 1. The third kappa shape index (κ3) is 4.06. The van der Waals surface area contributed by atoms with Gasteiger partial charge in [-0.3, -0.25) is 9.69 Å². The molecule has 0 radical (unpaired) electrons. The fourth-order valence-electron chi connectivity index (χ4n) is 3.58. The Bertz CT molecular complexity index is 853. The molecule has 6 heteroatoms. The zero-order valence-corrected chi connectivity index (χ0v) is 15.8. The molecule has 0 unspecified atom stereocenters. The van der Waals surface area contributed by atoms with Crippen LogP contribution in [0.15, 0.2) is 52.6 Å². The van der Waals surface area contributed by atoms with Gasteiger partial charge < -0.3 is 14.5 Å². The number of carbonyl (C=O) groups is 1. The molecule has 1 amide bonds. The van der Waals surface area contributed by atoms with Crippen LogP contribution >= 0.6 is 12.2 Å². The number of thiocarbonyl (C=S) groups is 1. The van der Waals surface area contributed by atoms with Crippen molar-refractivity contribution in [2.45, 2.75) is 44.8 Å². The van der Waals surface area contributed by atoms with Crippen LogP contribution in [0.3, 0.4) is 0 Å². The fourth-order valence-corrected chi connectivity index (χ4v) is 3.92. The summed E-state index contributed by atoms with van der Waals surface area (Å²) in [6.45, 7) is 0.334. The van der Waals surface area contributed by atoms with E-state index in [0.717, 1.165) is 31.4 Å². The Labute approximate surface area is 164 Å². The summed E-state index contributed by atoms with van der Waals surface area (Å²) in [5.74, 6) is 2.02. The number of para-hydroxylation sites is 1. The van der Waals surface area contributed by atoms with Crippen LogP contribution in [0.4, 0.5) is 0 Å². The summed E-state index contributed by atoms with van der Waals surface area (Å²) < 4.78 is 11.5. The Morgan fingerprint density at radius 2 is 1.93 bits per heavy atom. The second-order valence-electron chi connectivity index (χ2n) is 6.86. The SMILES string of the molecule is O=C1/C(=C\c2ccc(COc3ccccc3)o2)NC(=S)N1C1CCCCC1. The summed E-state index contributed by atoms with van der Waals surface area (Å²) in [4.78, 5) is 14.5. The number of rotatable bonds is 5. The van der Waals surface area contributed by atoms with Crippen LogP contribution in [-0.4, -0.2) is 22.0 Å². The van der Waals surface area contributed by atoms with Crippen molar-refractivity contribution in [3.05, 3.63) is 59.7 Å². The molecule has 27 heavy (non-hydrogen) atoms. The maximum Gasteiger partial charge on any atom is 0.276 e. The van der Waals surface area contributed by atoms with E-state index in [1.54, 1.807) is 11.0 Å². The fraction of sp³-hybridized carbons (Fsp3) is 0.333. The van der Waals surface area contributed by atoms with Crippen LogP contribution in [0.25, 0.3) is 6.08 Å². The van der Waals surface area contributed by atoms with Gasteiger partial charge in [-0.2, -0.15) is 0 Å². The normalized spacial score (nSPS) is 19.6. The van der Waals surface area contributed by atoms with Gasteiger partial charge in [0.1, 0.15) is 29.6 Å². The van der Waals surface area contributed by atoms with Gasteiger partial charge in [-0.15, -0.1) is 0 Å². The Morgan fingerprint density at radius 3 is 2.70 bits per heavy atom. The number of benzene rings is 1. The molecule has 2 heterocycles. The van der Waals surface area contributed by atoms with Gasteiger partial charge in [-0.05, 0) is 49.3 Å². The third-order valence-electron chi connectivity index (χ3n) is 4.94. The molecule has 0 bridgehead atoms. The van der Waals surface area contributed by atoms with Gasteiger partial charge in [0, 0.05) is 12.1 Å². The predicted octanol–water partition coefficient (Wildman–Crippen LogP) is 4.25. The van der Waals surface area contributed by atoms with Crippen LogP contribution in [0.5, 0.6) is 5.75 Å². The van der Waals surface area contributed by atoms with E-state index in [1.165, 1.54) is 6.42 Å². The minimum Gasteiger partial charge on any atom is -0.486 e. The first kappa shape index (κ1) is 17.8. The number of ether oxygens (including phenoxy) is 1. The van der Waals surface area contributed by atoms with Crippen LogP contribution in [-0.2, 0) is 11.4 Å². The van der Waals surface area contributed by atoms with Crippen molar-refractivity contribution >= 4 is 29.3 Å². The Kier molecular flexibility index (Phi) is 5.25. The molecular formula is C21H22N2O3S. The van der Waals surface area contributed by atoms with Gasteiger partial charge in [0.15, 0.2) is 5.11 Å². The van der Waals surface area contributed by atoms with Gasteiger partial charge >= 0.3 is 0 Å². The average Bonchev–Trinajstić information content (AvgIpc) is 3.26. The Hall–Kier alpha value is -2.60. The van der Waals surface area contributed by atoms with Crippen molar-refractivity contribution in [1.29, 1.82) is 0 Å². The Morgan fingerprint density at radius 1 is 1.15 bits per heavy atom. The molecule has 4 rings (SSSR count). The summed E-state index contributed by atoms with van der Waals surface area (Å²) in [6, 6.07) is 13.5. The molecule has 1 aliphatic carbocycles. The minimum absolute atomic E-state index is 0.0645. The molecule has 2 aromatic rings. The van der Waals surface area contributed by atoms with Crippen molar-refractivity contribution in [3.8, 4) is 5.75 Å². The highest BCUT2D eigenvalue weighted by atomic mass is 32.1. The van der Waals surface area contributed by atoms with Gasteiger partial charge in [-0.25, -0.2) is 0 Å². The smallest absolute Gasteiger partial charge is 0.276 e. The first-order valence-corrected chi connectivity index (χ1v) is 9.74. The molecule has 140 valence electrons. The molecular weight excluding hydrogens is 360 g/mol. The summed E-state index contributed by atoms with van der Waals surface area (Å²) in [5.41, 5.74) is 0.468. The molecule has 1 saturated carbocycles. The number of hydrogen-bond acceptors (Lipinski definition) is 4. The summed E-state index contributed by atoms with van der Waals surface area (Å²) in [5, 5.41) is 3.54. The first-order valence-electron chi connectivity index (χ1n) is 9.33. The molecule has 1 aromatic carbocycles. The van der Waals surface area contributed by atoms with Gasteiger partial charge in [0.05, 0.1) is 0 Å². The van der Waals surface area contributed by atoms with Crippen molar-refractivity contribution in [2.24, 2.45) is 0 Å². The van der Waals surface area contributed by atoms with Crippen LogP contribution in [0, 0.1) is 0 Å². The quantitative estimate of drug-likeness (QED) is 0.619. The third-order valence-corrected chi connectivity index (χ3v) is 5.24. The van der Waals surface area contributed by atoms with Crippen LogP contribution in [0.1, 0.15) is 43.6 Å². The monoisotopic (exact) mass is 382 g/mol. The molecule has 0 atom stereocenters. The van der Waals surface area contributed by atoms with E-state index in [0.29, 0.717) is 28.9 Å². The second-order valence-corrected chi connectivity index (χ2v) is 7.25. The van der Waals surface area contributed by atoms with Crippen molar-refractivity contribution in [2.75, 3.05) is 0 Å². The van der Waals surface area contributed by atoms with Gasteiger partial charge in [0.2, 0.25) is 0 Å². The highest BCUT2D eigenvalue weighted by molar-refractivity contribution is 7.80. The minimum atomic E-state index is -0.0645. The zero-order chi connectivity index (χ0) is 18.6. The molecule has 1 aromatic heterocycles. The van der Waals surface area contributed by atoms with E-state index in [2.05, 4.69) is 5.32 Å². The Balaban J connectivity index is 1.42. The summed E-state index contributed by atoms with van der Waals surface area (Å²) >= 11 is 5.40. The van der Waals surface area contributed by atoms with Gasteiger partial charge in [0.25, 0.3) is 5.91 Å². The second kappa shape index (κ2) is 7.96. The number of amides is 1. The lowest BCUT2D eigenvalue weighted by Gasteiger charge is -2.29. The van der Waals surface area contributed by atoms with E-state index in [4.69, 9.17) is 21.4 Å². The standard InChI is InChI=1S/C21H22N2O3S/c24-20-19(22-21(27)23(20)15-7-3-1-4-8-15)13-17-11-12-18(26-17)14-25-16-9-5-2-6-10-16/h2,5-6,9-13,15H,1,3-4,7-8,14H2,(H,22,27)/b19-13+. The zero-order valence-electron chi connectivity index (χ0n) is 15.0. The predicted molar refractivity (Wildman–Crippen MR) is 107 cm³/mol. The van der Waals surface area contributed by atoms with Crippen molar-refractivity contribution in [3.63, 3.8) is 0 Å². The topological polar surface area (TPSA) is 54.7 Å². The summed E-state index contributed by atoms with van der Waals surface area (Å²) in [7, 11) is 0. The molecule has 0 spiro atoms. The molecule has 2 aliphatic rings. The molecule has 1 saturated heterocycles. The van der Waals surface area contributed by atoms with E-state index in [1.807, 2.05) is 42.5 Å². The number of carbonyl (C=O) groups excluding carboxylic acids is 1. The maximum atomic E-state index is 12.8. The van der Waals surface area contributed by atoms with Crippen LogP contribution < -0.4 is 10.1 Å². The number of hydrogen-bond donors (Lipinski definition) is 1. The average molecular weight is 382 g/mol. The molecule has 2 fully saturated rings.